The minimum Gasteiger partial charge on any atom is -0.468 e. The minimum absolute atomic E-state index is 0.0690. The summed E-state index contributed by atoms with van der Waals surface area (Å²) in [6.45, 7) is 1.15. The highest BCUT2D eigenvalue weighted by molar-refractivity contribution is 8.03. The molecule has 0 N–H and O–H groups in total. The Morgan fingerprint density at radius 3 is 2.80 bits per heavy atom. The van der Waals surface area contributed by atoms with Gasteiger partial charge in [0.25, 0.3) is 0 Å². The number of furan rings is 1. The third kappa shape index (κ3) is 3.09. The molecular weight excluding hydrogens is 334 g/mol. The summed E-state index contributed by atoms with van der Waals surface area (Å²) in [7, 11) is 0. The Morgan fingerprint density at radius 2 is 2.08 bits per heavy atom. The zero-order valence-corrected chi connectivity index (χ0v) is 14.4. The van der Waals surface area contributed by atoms with E-state index in [1.54, 1.807) is 22.9 Å². The summed E-state index contributed by atoms with van der Waals surface area (Å²) in [6, 6.07) is 16.0. The molecule has 6 heteroatoms. The number of thioether (sulfide) groups is 1. The maximum atomic E-state index is 12.7. The molecule has 25 heavy (non-hydrogen) atoms. The number of benzene rings is 1. The Hall–Kier alpha value is -2.49. The number of fused-ring (bicyclic) bond motifs is 1. The van der Waals surface area contributed by atoms with Crippen molar-refractivity contribution >= 4 is 17.7 Å². The van der Waals surface area contributed by atoms with Crippen LogP contribution in [0.5, 0.6) is 0 Å². The quantitative estimate of drug-likeness (QED) is 0.847. The number of hydrogen-bond acceptors (Lipinski definition) is 5. The predicted molar refractivity (Wildman–Crippen MR) is 94.9 cm³/mol. The molecule has 1 saturated heterocycles. The van der Waals surface area contributed by atoms with E-state index in [-0.39, 0.29) is 11.8 Å². The number of nitrogens with zero attached hydrogens (tertiary/aromatic N) is 3. The fourth-order valence-electron chi connectivity index (χ4n) is 3.30. The number of hydrogen-bond donors (Lipinski definition) is 0. The van der Waals surface area contributed by atoms with Crippen LogP contribution in [0.4, 0.5) is 0 Å². The molecule has 4 rings (SSSR count). The SMILES string of the molecule is N#CC1=C2SCN(Cc3ccco3)CN2C(=O)CC1c1ccccc1. The number of allylic oxidation sites excluding steroid dienone is 1. The second kappa shape index (κ2) is 6.79. The van der Waals surface area contributed by atoms with Gasteiger partial charge in [0, 0.05) is 12.3 Å². The lowest BCUT2D eigenvalue weighted by Crippen LogP contribution is -2.46. The lowest BCUT2D eigenvalue weighted by Gasteiger charge is -2.41. The van der Waals surface area contributed by atoms with Crippen LogP contribution in [-0.2, 0) is 11.3 Å². The van der Waals surface area contributed by atoms with Crippen LogP contribution in [0, 0.1) is 11.3 Å². The van der Waals surface area contributed by atoms with Gasteiger partial charge in [-0.25, -0.2) is 0 Å². The van der Waals surface area contributed by atoms with Crippen LogP contribution >= 0.6 is 11.8 Å². The topological polar surface area (TPSA) is 60.5 Å². The molecule has 1 atom stereocenters. The normalized spacial score (nSPS) is 21.2. The van der Waals surface area contributed by atoms with Crippen LogP contribution in [0.2, 0.25) is 0 Å². The van der Waals surface area contributed by atoms with Gasteiger partial charge in [0.05, 0.1) is 42.0 Å². The first-order valence-electron chi connectivity index (χ1n) is 8.13. The highest BCUT2D eigenvalue weighted by Crippen LogP contribution is 2.42. The molecule has 2 aliphatic heterocycles. The fraction of sp³-hybridized carbons (Fsp3) is 0.263. The first-order valence-corrected chi connectivity index (χ1v) is 9.12. The molecule has 2 aliphatic rings. The first kappa shape index (κ1) is 16.0. The maximum absolute atomic E-state index is 12.7. The highest BCUT2D eigenvalue weighted by Gasteiger charge is 2.38. The number of carbonyl (C=O) groups excluding carboxylic acids is 1. The molecule has 0 saturated carbocycles. The van der Waals surface area contributed by atoms with Crippen LogP contribution in [0.25, 0.3) is 0 Å². The minimum atomic E-state index is -0.144. The molecule has 0 radical (unpaired) electrons. The summed E-state index contributed by atoms with van der Waals surface area (Å²) in [6.07, 6.45) is 1.99. The summed E-state index contributed by atoms with van der Waals surface area (Å²) in [5, 5.41) is 10.5. The van der Waals surface area contributed by atoms with Crippen molar-refractivity contribution < 1.29 is 9.21 Å². The maximum Gasteiger partial charge on any atom is 0.229 e. The molecule has 126 valence electrons. The average molecular weight is 351 g/mol. The monoisotopic (exact) mass is 351 g/mol. The van der Waals surface area contributed by atoms with Crippen molar-refractivity contribution in [1.82, 2.24) is 9.80 Å². The largest absolute Gasteiger partial charge is 0.468 e. The standard InChI is InChI=1S/C19H17N3O2S/c20-10-17-16(14-5-2-1-3-6-14)9-18(23)22-12-21(13-25-19(17)22)11-15-7-4-8-24-15/h1-8,16H,9,11-13H2. The third-order valence-electron chi connectivity index (χ3n) is 4.51. The van der Waals surface area contributed by atoms with Crippen molar-refractivity contribution in [3.8, 4) is 6.07 Å². The Kier molecular flexibility index (Phi) is 4.35. The van der Waals surface area contributed by atoms with Crippen molar-refractivity contribution in [3.63, 3.8) is 0 Å². The van der Waals surface area contributed by atoms with Crippen molar-refractivity contribution in [2.45, 2.75) is 18.9 Å². The van der Waals surface area contributed by atoms with Gasteiger partial charge in [-0.15, -0.1) is 0 Å². The van der Waals surface area contributed by atoms with Crippen LogP contribution in [-0.4, -0.2) is 28.3 Å². The van der Waals surface area contributed by atoms with Crippen LogP contribution in [0.1, 0.15) is 23.7 Å². The molecule has 1 amide bonds. The van der Waals surface area contributed by atoms with E-state index in [4.69, 9.17) is 4.42 Å². The molecule has 0 spiro atoms. The van der Waals surface area contributed by atoms with E-state index in [0.29, 0.717) is 25.2 Å². The molecule has 1 aromatic carbocycles. The molecule has 1 unspecified atom stereocenters. The lowest BCUT2D eigenvalue weighted by molar-refractivity contribution is -0.132. The Morgan fingerprint density at radius 1 is 1.24 bits per heavy atom. The van der Waals surface area contributed by atoms with Crippen LogP contribution in [0.3, 0.4) is 0 Å². The Labute approximate surface area is 150 Å². The molecular formula is C19H17N3O2S. The summed E-state index contributed by atoms with van der Waals surface area (Å²) in [5.41, 5.74) is 1.73. The summed E-state index contributed by atoms with van der Waals surface area (Å²) < 4.78 is 5.40. The number of carbonyl (C=O) groups is 1. The van der Waals surface area contributed by atoms with Crippen LogP contribution in [0.15, 0.2) is 63.7 Å². The average Bonchev–Trinajstić information content (AvgIpc) is 3.16. The molecule has 2 aromatic rings. The summed E-state index contributed by atoms with van der Waals surface area (Å²) in [5.74, 6) is 1.53. The smallest absolute Gasteiger partial charge is 0.229 e. The fourth-order valence-corrected chi connectivity index (χ4v) is 4.44. The van der Waals surface area contributed by atoms with E-state index in [0.717, 1.165) is 22.2 Å². The summed E-state index contributed by atoms with van der Waals surface area (Å²) in [4.78, 5) is 16.6. The van der Waals surface area contributed by atoms with Gasteiger partial charge in [0.2, 0.25) is 5.91 Å². The van der Waals surface area contributed by atoms with Gasteiger partial charge in [0.15, 0.2) is 0 Å². The highest BCUT2D eigenvalue weighted by atomic mass is 32.2. The molecule has 1 aromatic heterocycles. The van der Waals surface area contributed by atoms with Crippen molar-refractivity contribution in [2.24, 2.45) is 0 Å². The van der Waals surface area contributed by atoms with Gasteiger partial charge in [-0.1, -0.05) is 42.1 Å². The van der Waals surface area contributed by atoms with Crippen molar-refractivity contribution in [3.05, 3.63) is 70.7 Å². The van der Waals surface area contributed by atoms with E-state index < -0.39 is 0 Å². The number of amides is 1. The Bertz CT molecular complexity index is 839. The molecule has 0 aliphatic carbocycles. The Balaban J connectivity index is 1.61. The van der Waals surface area contributed by atoms with E-state index in [1.165, 1.54) is 0 Å². The van der Waals surface area contributed by atoms with Gasteiger partial charge < -0.3 is 4.42 Å². The van der Waals surface area contributed by atoms with Crippen molar-refractivity contribution in [2.75, 3.05) is 12.5 Å². The van der Waals surface area contributed by atoms with E-state index >= 15 is 0 Å². The zero-order valence-electron chi connectivity index (χ0n) is 13.6. The van der Waals surface area contributed by atoms with Gasteiger partial charge >= 0.3 is 0 Å². The van der Waals surface area contributed by atoms with E-state index in [2.05, 4.69) is 11.0 Å². The number of rotatable bonds is 3. The van der Waals surface area contributed by atoms with Gasteiger partial charge in [-0.2, -0.15) is 5.26 Å². The van der Waals surface area contributed by atoms with Gasteiger partial charge in [-0.05, 0) is 17.7 Å². The zero-order chi connectivity index (χ0) is 17.2. The van der Waals surface area contributed by atoms with E-state index in [9.17, 15) is 10.1 Å². The number of nitriles is 1. The van der Waals surface area contributed by atoms with Crippen molar-refractivity contribution in [1.29, 1.82) is 5.26 Å². The third-order valence-corrected chi connectivity index (χ3v) is 5.72. The molecule has 5 nitrogen and oxygen atoms in total. The van der Waals surface area contributed by atoms with Crippen LogP contribution < -0.4 is 0 Å². The lowest BCUT2D eigenvalue weighted by atomic mass is 9.86. The second-order valence-electron chi connectivity index (χ2n) is 6.14. The first-order chi connectivity index (χ1) is 12.3. The van der Waals surface area contributed by atoms with Gasteiger partial charge in [-0.3, -0.25) is 14.6 Å². The molecule has 3 heterocycles. The molecule has 1 fully saturated rings. The van der Waals surface area contributed by atoms with E-state index in [1.807, 2.05) is 42.5 Å². The second-order valence-corrected chi connectivity index (χ2v) is 7.08. The summed E-state index contributed by atoms with van der Waals surface area (Å²) >= 11 is 1.56. The molecule has 0 bridgehead atoms. The van der Waals surface area contributed by atoms with Gasteiger partial charge in [0.1, 0.15) is 5.76 Å². The predicted octanol–water partition coefficient (Wildman–Crippen LogP) is 3.49.